The van der Waals surface area contributed by atoms with Crippen molar-refractivity contribution in [1.29, 1.82) is 0 Å². The Bertz CT molecular complexity index is 905. The van der Waals surface area contributed by atoms with Crippen LogP contribution < -0.4 is 24.8 Å². The molecule has 0 bridgehead atoms. The van der Waals surface area contributed by atoms with E-state index < -0.39 is 0 Å². The van der Waals surface area contributed by atoms with Gasteiger partial charge in [0.05, 0.1) is 0 Å². The molecule has 2 aliphatic carbocycles. The topological polar surface area (TPSA) is 0 Å². The van der Waals surface area contributed by atoms with E-state index in [0.717, 1.165) is 17.3 Å². The summed E-state index contributed by atoms with van der Waals surface area (Å²) in [5, 5.41) is 1.39. The molecular formula is C20H13BrCl2SZr. The molecule has 1 aromatic heterocycles. The molecule has 0 fully saturated rings. The van der Waals surface area contributed by atoms with Gasteiger partial charge >= 0.3 is 26.2 Å². The van der Waals surface area contributed by atoms with E-state index in [-0.39, 0.29) is 51.0 Å². The van der Waals surface area contributed by atoms with Crippen LogP contribution in [0.5, 0.6) is 0 Å². The number of rotatable bonds is 0. The van der Waals surface area contributed by atoms with Gasteiger partial charge in [-0.2, -0.15) is 30.3 Å². The molecule has 0 saturated carbocycles. The van der Waals surface area contributed by atoms with Gasteiger partial charge in [-0.1, -0.05) is 15.9 Å². The molecule has 0 spiro atoms. The number of fused-ring (bicyclic) bond motifs is 5. The van der Waals surface area contributed by atoms with Crippen LogP contribution in [0.3, 0.4) is 0 Å². The molecule has 124 valence electrons. The molecule has 3 aromatic rings. The van der Waals surface area contributed by atoms with Gasteiger partial charge in [-0.05, 0) is 40.4 Å². The first-order valence-corrected chi connectivity index (χ1v) is 8.86. The summed E-state index contributed by atoms with van der Waals surface area (Å²) in [6.45, 7) is 0. The van der Waals surface area contributed by atoms with Gasteiger partial charge in [0.15, 0.2) is 0 Å². The second-order valence-electron chi connectivity index (χ2n) is 5.29. The van der Waals surface area contributed by atoms with Crippen molar-refractivity contribution in [2.75, 3.05) is 0 Å². The monoisotopic (exact) mass is 524 g/mol. The third kappa shape index (κ3) is 4.76. The fraction of sp³-hybridized carbons (Fsp3) is 0.100. The first kappa shape index (κ1) is 22.9. The van der Waals surface area contributed by atoms with Crippen LogP contribution in [-0.4, -0.2) is 0 Å². The number of hydrogen-bond acceptors (Lipinski definition) is 1. The minimum Gasteiger partial charge on any atom is -1.00 e. The Morgan fingerprint density at radius 3 is 2.64 bits per heavy atom. The molecule has 0 aliphatic heterocycles. The quantitative estimate of drug-likeness (QED) is 0.290. The van der Waals surface area contributed by atoms with Crippen molar-refractivity contribution < 1.29 is 51.0 Å². The molecule has 0 N–H and O–H groups in total. The average Bonchev–Trinajstić information content (AvgIpc) is 3.25. The van der Waals surface area contributed by atoms with Crippen LogP contribution >= 0.6 is 27.3 Å². The summed E-state index contributed by atoms with van der Waals surface area (Å²) in [6.07, 6.45) is 11.0. The average molecular weight is 527 g/mol. The van der Waals surface area contributed by atoms with E-state index in [1.54, 1.807) is 0 Å². The van der Waals surface area contributed by atoms with Crippen molar-refractivity contribution in [3.8, 4) is 10.4 Å². The predicted octanol–water partition coefficient (Wildman–Crippen LogP) is 0.346. The van der Waals surface area contributed by atoms with Crippen LogP contribution in [-0.2, 0) is 32.6 Å². The maximum atomic E-state index is 3.56. The third-order valence-electron chi connectivity index (χ3n) is 3.88. The van der Waals surface area contributed by atoms with E-state index in [0.29, 0.717) is 0 Å². The van der Waals surface area contributed by atoms with E-state index in [1.165, 1.54) is 31.7 Å². The number of thiophene rings is 1. The van der Waals surface area contributed by atoms with Gasteiger partial charge < -0.3 is 24.8 Å². The zero-order chi connectivity index (χ0) is 14.9. The Kier molecular flexibility index (Phi) is 9.36. The van der Waals surface area contributed by atoms with Crippen molar-refractivity contribution in [2.45, 2.75) is 12.8 Å². The summed E-state index contributed by atoms with van der Waals surface area (Å²) >= 11 is 5.45. The fourth-order valence-electron chi connectivity index (χ4n) is 2.86. The summed E-state index contributed by atoms with van der Waals surface area (Å²) in [6, 6.07) is 16.2. The first-order valence-electron chi connectivity index (χ1n) is 7.25. The van der Waals surface area contributed by atoms with Crippen molar-refractivity contribution in [2.24, 2.45) is 0 Å². The van der Waals surface area contributed by atoms with Crippen LogP contribution in [0.15, 0.2) is 59.1 Å². The summed E-state index contributed by atoms with van der Waals surface area (Å²) in [5.41, 5.74) is 4.19. The van der Waals surface area contributed by atoms with Gasteiger partial charge in [-0.15, -0.1) is 28.9 Å². The van der Waals surface area contributed by atoms with Crippen LogP contribution in [0.2, 0.25) is 0 Å². The van der Waals surface area contributed by atoms with Gasteiger partial charge in [0.2, 0.25) is 0 Å². The van der Waals surface area contributed by atoms with Crippen LogP contribution in [0.4, 0.5) is 0 Å². The van der Waals surface area contributed by atoms with Gasteiger partial charge in [0.25, 0.3) is 0 Å². The first-order chi connectivity index (χ1) is 10.8. The Labute approximate surface area is 192 Å². The van der Waals surface area contributed by atoms with Crippen molar-refractivity contribution in [3.05, 3.63) is 82.4 Å². The Balaban J connectivity index is 0.000000344. The summed E-state index contributed by atoms with van der Waals surface area (Å²) < 4.78 is 2.54. The maximum absolute atomic E-state index is 3.56. The molecular weight excluding hydrogens is 514 g/mol. The number of hydrogen-bond donors (Lipinski definition) is 0. The molecule has 0 amide bonds. The van der Waals surface area contributed by atoms with Crippen LogP contribution in [0.25, 0.3) is 20.5 Å². The second kappa shape index (κ2) is 10.2. The molecule has 2 aromatic carbocycles. The Morgan fingerprint density at radius 1 is 1.12 bits per heavy atom. The van der Waals surface area contributed by atoms with Crippen molar-refractivity contribution in [3.63, 3.8) is 0 Å². The zero-order valence-corrected chi connectivity index (χ0v) is 19.5. The van der Waals surface area contributed by atoms with E-state index >= 15 is 0 Å². The maximum Gasteiger partial charge on any atom is 4.00 e. The molecule has 0 radical (unpaired) electrons. The zero-order valence-electron chi connectivity index (χ0n) is 13.2. The van der Waals surface area contributed by atoms with Crippen LogP contribution in [0.1, 0.15) is 17.5 Å². The van der Waals surface area contributed by atoms with Gasteiger partial charge in [-0.3, -0.25) is 6.08 Å². The molecule has 0 nitrogen and oxygen atoms in total. The second-order valence-corrected chi connectivity index (χ2v) is 7.26. The Hall–Kier alpha value is -0.177. The molecule has 0 unspecified atom stereocenters. The van der Waals surface area contributed by atoms with Crippen molar-refractivity contribution in [1.82, 2.24) is 0 Å². The number of benzene rings is 2. The molecule has 0 saturated heterocycles. The van der Waals surface area contributed by atoms with Gasteiger partial charge in [0, 0.05) is 9.17 Å². The summed E-state index contributed by atoms with van der Waals surface area (Å²) in [4.78, 5) is 1.44. The predicted molar refractivity (Wildman–Crippen MR) is 98.2 cm³/mol. The minimum absolute atomic E-state index is 0. The normalized spacial score (nSPS) is 12.2. The Morgan fingerprint density at radius 2 is 1.96 bits per heavy atom. The van der Waals surface area contributed by atoms with E-state index in [2.05, 4.69) is 64.5 Å². The fourth-order valence-corrected chi connectivity index (χ4v) is 4.48. The molecule has 2 aliphatic rings. The number of halogens is 3. The third-order valence-corrected chi connectivity index (χ3v) is 5.62. The van der Waals surface area contributed by atoms with Crippen LogP contribution in [0, 0.1) is 12.1 Å². The standard InChI is InChI=1S/C15H8BrS.C5H5.2ClH.Zr/c16-10-5-6-14-12(8-10)13-7-9-3-1-2-4-11(9)15(13)17-14;1-2-4-5-3-1;;;/h1-2,4-6,8H,7H2;1-3H,4H2;2*1H;/q2*-1;;;+4/p-2. The van der Waals surface area contributed by atoms with E-state index in [9.17, 15) is 0 Å². The smallest absolute Gasteiger partial charge is 1.00 e. The van der Waals surface area contributed by atoms with E-state index in [4.69, 9.17) is 0 Å². The van der Waals surface area contributed by atoms with Gasteiger partial charge in [0.1, 0.15) is 0 Å². The number of allylic oxidation sites excluding steroid dienone is 4. The largest absolute Gasteiger partial charge is 4.00 e. The summed E-state index contributed by atoms with van der Waals surface area (Å²) in [5.74, 6) is 0. The molecule has 1 heterocycles. The SMILES string of the molecule is Brc1ccc2sc3c(c2c1)Cc1[c-]cccc1-3.[C-]1=CC=CC1.[Cl-].[Cl-].[Zr+4]. The minimum atomic E-state index is 0. The van der Waals surface area contributed by atoms with Crippen molar-refractivity contribution >= 4 is 37.4 Å². The molecule has 5 heteroatoms. The van der Waals surface area contributed by atoms with E-state index in [1.807, 2.05) is 29.6 Å². The summed E-state index contributed by atoms with van der Waals surface area (Å²) in [7, 11) is 0. The molecule has 25 heavy (non-hydrogen) atoms. The van der Waals surface area contributed by atoms with Gasteiger partial charge in [-0.25, -0.2) is 12.2 Å². The molecule has 5 rings (SSSR count). The molecule has 0 atom stereocenters.